The standard InChI is InChI=1S/C24H38O5.C10H16O2.CH4O/c1-6-24(4,22(26)28-13-27-5)12-23(2,3)21(25)29-18-11-16-10-17(18)20-15-8-7-14(9-15)19(16)20;11-8-4-7-5-1-2-6(3-5)9(7)10(8)12;1-2/h14-20H,6-13H2,1-5H3;5-12H,1-4H2;2H,1H3. The normalized spacial score (nSPS) is 44.1. The van der Waals surface area contributed by atoms with Crippen LogP contribution < -0.4 is 0 Å². The zero-order chi connectivity index (χ0) is 31.3. The molecule has 0 aliphatic heterocycles. The summed E-state index contributed by atoms with van der Waals surface area (Å²) in [6, 6.07) is 0. The Morgan fingerprint density at radius 1 is 0.744 bits per heavy atom. The molecular weight excluding hydrogens is 548 g/mol. The van der Waals surface area contributed by atoms with Crippen LogP contribution in [0.15, 0.2) is 0 Å². The van der Waals surface area contributed by atoms with Crippen molar-refractivity contribution in [2.24, 2.45) is 70.0 Å². The third-order valence-corrected chi connectivity index (χ3v) is 13.4. The van der Waals surface area contributed by atoms with E-state index in [0.717, 1.165) is 61.4 Å². The Balaban J connectivity index is 0.000000216. The topological polar surface area (TPSA) is 123 Å². The Bertz CT molecular complexity index is 996. The predicted octanol–water partition coefficient (Wildman–Crippen LogP) is 4.96. The van der Waals surface area contributed by atoms with E-state index < -0.39 is 23.0 Å². The van der Waals surface area contributed by atoms with Gasteiger partial charge >= 0.3 is 11.9 Å². The fraction of sp³-hybridized carbons (Fsp3) is 0.943. The molecule has 3 N–H and O–H groups in total. The van der Waals surface area contributed by atoms with Gasteiger partial charge < -0.3 is 29.5 Å². The molecule has 14 unspecified atom stereocenters. The van der Waals surface area contributed by atoms with Gasteiger partial charge in [0.15, 0.2) is 6.79 Å². The van der Waals surface area contributed by atoms with Crippen LogP contribution in [-0.2, 0) is 23.8 Å². The van der Waals surface area contributed by atoms with Gasteiger partial charge in [-0.05, 0) is 151 Å². The summed E-state index contributed by atoms with van der Waals surface area (Å²) in [7, 11) is 2.49. The van der Waals surface area contributed by atoms with Gasteiger partial charge in [-0.2, -0.15) is 0 Å². The van der Waals surface area contributed by atoms with E-state index in [2.05, 4.69) is 0 Å². The van der Waals surface area contributed by atoms with E-state index in [1.54, 1.807) is 0 Å². The van der Waals surface area contributed by atoms with Crippen molar-refractivity contribution in [2.75, 3.05) is 21.0 Å². The molecule has 0 aromatic carbocycles. The van der Waals surface area contributed by atoms with E-state index in [9.17, 15) is 19.8 Å². The van der Waals surface area contributed by atoms with Crippen LogP contribution in [0.5, 0.6) is 0 Å². The maximum absolute atomic E-state index is 13.2. The molecule has 0 amide bonds. The number of rotatable bonds is 8. The Morgan fingerprint density at radius 3 is 1.98 bits per heavy atom. The molecular formula is C35H58O8. The number of esters is 2. The molecule has 6 bridgehead atoms. The maximum Gasteiger partial charge on any atom is 0.313 e. The predicted molar refractivity (Wildman–Crippen MR) is 161 cm³/mol. The van der Waals surface area contributed by atoms with Crippen LogP contribution in [0.4, 0.5) is 0 Å². The number of fused-ring (bicyclic) bond motifs is 14. The first kappa shape index (κ1) is 33.2. The average Bonchev–Trinajstić information content (AvgIpc) is 3.84. The number of hydrogen-bond donors (Lipinski definition) is 3. The second-order valence-corrected chi connectivity index (χ2v) is 16.0. The Morgan fingerprint density at radius 2 is 1.35 bits per heavy atom. The minimum absolute atomic E-state index is 0.0604. The molecule has 8 heteroatoms. The third-order valence-electron chi connectivity index (χ3n) is 13.4. The van der Waals surface area contributed by atoms with E-state index in [-0.39, 0.29) is 24.8 Å². The molecule has 7 rings (SSSR count). The minimum Gasteiger partial charge on any atom is -0.462 e. The Hall–Kier alpha value is -1.22. The lowest BCUT2D eigenvalue weighted by molar-refractivity contribution is -0.173. The van der Waals surface area contributed by atoms with Gasteiger partial charge in [0.05, 0.1) is 23.0 Å². The van der Waals surface area contributed by atoms with Crippen molar-refractivity contribution in [1.82, 2.24) is 0 Å². The SMILES string of the molecule is CCC(C)(CC(C)(C)C(=O)OC1CC2CC1C1C3CCC(C3)C21)C(=O)OCOC.CO.OC1CC2C3CCC(C3)C2C1O. The van der Waals surface area contributed by atoms with Crippen LogP contribution in [0.3, 0.4) is 0 Å². The molecule has 43 heavy (non-hydrogen) atoms. The first-order valence-electron chi connectivity index (χ1n) is 17.2. The number of aliphatic hydroxyl groups is 3. The average molecular weight is 607 g/mol. The monoisotopic (exact) mass is 606 g/mol. The summed E-state index contributed by atoms with van der Waals surface area (Å²) >= 11 is 0. The number of methoxy groups -OCH3 is 1. The second kappa shape index (κ2) is 12.9. The van der Waals surface area contributed by atoms with E-state index in [1.807, 2.05) is 27.7 Å². The van der Waals surface area contributed by atoms with Gasteiger partial charge in [-0.1, -0.05) is 6.92 Å². The van der Waals surface area contributed by atoms with Crippen molar-refractivity contribution in [2.45, 2.75) is 117 Å². The first-order valence-corrected chi connectivity index (χ1v) is 17.2. The van der Waals surface area contributed by atoms with Gasteiger partial charge in [0.1, 0.15) is 6.10 Å². The van der Waals surface area contributed by atoms with Gasteiger partial charge in [-0.3, -0.25) is 9.59 Å². The fourth-order valence-electron chi connectivity index (χ4n) is 11.6. The van der Waals surface area contributed by atoms with Gasteiger partial charge in [0, 0.05) is 14.2 Å². The van der Waals surface area contributed by atoms with E-state index >= 15 is 0 Å². The summed E-state index contributed by atoms with van der Waals surface area (Å²) in [6.07, 6.45) is 11.7. The molecule has 7 saturated carbocycles. The van der Waals surface area contributed by atoms with Crippen molar-refractivity contribution in [3.8, 4) is 0 Å². The first-order chi connectivity index (χ1) is 20.5. The van der Waals surface area contributed by atoms with Crippen LogP contribution in [0.25, 0.3) is 0 Å². The second-order valence-electron chi connectivity index (χ2n) is 16.0. The molecule has 7 aliphatic carbocycles. The largest absolute Gasteiger partial charge is 0.462 e. The zero-order valence-electron chi connectivity index (χ0n) is 27.4. The molecule has 0 spiro atoms. The quantitative estimate of drug-likeness (QED) is 0.201. The minimum atomic E-state index is -0.731. The summed E-state index contributed by atoms with van der Waals surface area (Å²) in [4.78, 5) is 25.7. The molecule has 0 aromatic heterocycles. The van der Waals surface area contributed by atoms with Crippen molar-refractivity contribution < 1.29 is 39.1 Å². The van der Waals surface area contributed by atoms with Gasteiger partial charge in [0.25, 0.3) is 0 Å². The van der Waals surface area contributed by atoms with E-state index in [4.69, 9.17) is 19.3 Å². The Labute approximate surface area is 258 Å². The van der Waals surface area contributed by atoms with Gasteiger partial charge in [-0.25, -0.2) is 0 Å². The number of hydrogen-bond acceptors (Lipinski definition) is 8. The highest BCUT2D eigenvalue weighted by molar-refractivity contribution is 5.80. The lowest BCUT2D eigenvalue weighted by atomic mass is 9.70. The number of carbonyl (C=O) groups excluding carboxylic acids is 2. The maximum atomic E-state index is 13.2. The van der Waals surface area contributed by atoms with Crippen LogP contribution in [-0.4, -0.2) is 66.6 Å². The fourth-order valence-corrected chi connectivity index (χ4v) is 11.6. The highest BCUT2D eigenvalue weighted by Gasteiger charge is 2.63. The molecule has 0 aromatic rings. The third kappa shape index (κ3) is 5.92. The summed E-state index contributed by atoms with van der Waals surface area (Å²) in [5.74, 6) is 7.13. The van der Waals surface area contributed by atoms with E-state index in [1.165, 1.54) is 52.1 Å². The molecule has 7 aliphatic rings. The van der Waals surface area contributed by atoms with Gasteiger partial charge in [-0.15, -0.1) is 0 Å². The summed E-state index contributed by atoms with van der Waals surface area (Å²) in [5, 5.41) is 26.3. The molecule has 14 atom stereocenters. The van der Waals surface area contributed by atoms with Crippen LogP contribution in [0.1, 0.15) is 98.3 Å². The summed E-state index contributed by atoms with van der Waals surface area (Å²) in [6.45, 7) is 7.58. The van der Waals surface area contributed by atoms with Crippen LogP contribution in [0.2, 0.25) is 0 Å². The zero-order valence-corrected chi connectivity index (χ0v) is 27.4. The molecule has 0 radical (unpaired) electrons. The lowest BCUT2D eigenvalue weighted by Gasteiger charge is -2.40. The number of ether oxygens (including phenoxy) is 3. The smallest absolute Gasteiger partial charge is 0.313 e. The Kier molecular flexibility index (Phi) is 9.93. The highest BCUT2D eigenvalue weighted by Crippen LogP contribution is 2.68. The van der Waals surface area contributed by atoms with Crippen molar-refractivity contribution in [1.29, 1.82) is 0 Å². The number of aliphatic hydroxyl groups excluding tert-OH is 3. The van der Waals surface area contributed by atoms with Gasteiger partial charge in [0.2, 0.25) is 0 Å². The van der Waals surface area contributed by atoms with Crippen molar-refractivity contribution in [3.05, 3.63) is 0 Å². The molecule has 8 nitrogen and oxygen atoms in total. The highest BCUT2D eigenvalue weighted by atomic mass is 16.7. The molecule has 0 heterocycles. The van der Waals surface area contributed by atoms with Crippen LogP contribution >= 0.6 is 0 Å². The van der Waals surface area contributed by atoms with Crippen molar-refractivity contribution in [3.63, 3.8) is 0 Å². The molecule has 0 saturated heterocycles. The van der Waals surface area contributed by atoms with Crippen LogP contribution in [0, 0.1) is 70.0 Å². The molecule has 7 fully saturated rings. The molecule has 246 valence electrons. The summed E-state index contributed by atoms with van der Waals surface area (Å²) in [5.41, 5.74) is -1.46. The van der Waals surface area contributed by atoms with E-state index in [0.29, 0.717) is 30.6 Å². The van der Waals surface area contributed by atoms with Crippen molar-refractivity contribution >= 4 is 11.9 Å². The number of carbonyl (C=O) groups is 2. The summed E-state index contributed by atoms with van der Waals surface area (Å²) < 4.78 is 16.2. The lowest BCUT2D eigenvalue weighted by Crippen LogP contribution is -2.42.